The Hall–Kier alpha value is -2.36. The third kappa shape index (κ3) is 2.61. The van der Waals surface area contributed by atoms with Gasteiger partial charge in [-0.25, -0.2) is 0 Å². The summed E-state index contributed by atoms with van der Waals surface area (Å²) in [6, 6.07) is 15.1. The largest absolute Gasteiger partial charge is 0.497 e. The highest BCUT2D eigenvalue weighted by Gasteiger charge is 2.32. The van der Waals surface area contributed by atoms with Crippen molar-refractivity contribution in [3.8, 4) is 5.75 Å². The molecule has 1 heterocycles. The van der Waals surface area contributed by atoms with E-state index in [-0.39, 0.29) is 12.1 Å². The zero-order valence-corrected chi connectivity index (χ0v) is 11.6. The van der Waals surface area contributed by atoms with Crippen molar-refractivity contribution in [2.45, 2.75) is 12.5 Å². The van der Waals surface area contributed by atoms with E-state index < -0.39 is 5.92 Å². The van der Waals surface area contributed by atoms with Crippen molar-refractivity contribution >= 4 is 10.9 Å². The second kappa shape index (κ2) is 5.20. The van der Waals surface area contributed by atoms with Gasteiger partial charge in [-0.15, -0.1) is 0 Å². The number of nitrogens with zero attached hydrogens (tertiary/aromatic N) is 1. The predicted octanol–water partition coefficient (Wildman–Crippen LogP) is 4.44. The van der Waals surface area contributed by atoms with E-state index in [0.717, 1.165) is 16.7 Å². The van der Waals surface area contributed by atoms with E-state index in [0.29, 0.717) is 0 Å². The van der Waals surface area contributed by atoms with E-state index in [1.165, 1.54) is 12.1 Å². The lowest BCUT2D eigenvalue weighted by Gasteiger charge is -2.18. The molecule has 4 heteroatoms. The van der Waals surface area contributed by atoms with Crippen LogP contribution in [0, 0.1) is 0 Å². The number of rotatable bonds is 4. The van der Waals surface area contributed by atoms with Crippen LogP contribution in [0.2, 0.25) is 0 Å². The van der Waals surface area contributed by atoms with Gasteiger partial charge in [0, 0.05) is 22.7 Å². The second-order valence-electron chi connectivity index (χ2n) is 4.94. The van der Waals surface area contributed by atoms with Crippen molar-refractivity contribution in [3.63, 3.8) is 0 Å². The minimum absolute atomic E-state index is 0.0281. The topological polar surface area (TPSA) is 14.2 Å². The fraction of sp³-hybridized carbons (Fsp3) is 0.176. The van der Waals surface area contributed by atoms with Gasteiger partial charge in [0.1, 0.15) is 5.75 Å². The van der Waals surface area contributed by atoms with Crippen LogP contribution in [-0.2, 0) is 12.5 Å². The zero-order chi connectivity index (χ0) is 14.9. The van der Waals surface area contributed by atoms with E-state index in [1.807, 2.05) is 12.1 Å². The highest BCUT2D eigenvalue weighted by atomic mass is 19.3. The van der Waals surface area contributed by atoms with E-state index in [4.69, 9.17) is 4.74 Å². The van der Waals surface area contributed by atoms with E-state index in [2.05, 4.69) is 0 Å². The SMILES string of the molecule is COc1ccc2c(ccn2CC(F)(F)c2ccccc2)c1. The molecule has 0 bridgehead atoms. The van der Waals surface area contributed by atoms with Gasteiger partial charge >= 0.3 is 0 Å². The molecule has 3 aromatic rings. The molecule has 21 heavy (non-hydrogen) atoms. The van der Waals surface area contributed by atoms with Crippen LogP contribution < -0.4 is 4.74 Å². The van der Waals surface area contributed by atoms with E-state index in [9.17, 15) is 8.78 Å². The third-order valence-electron chi connectivity index (χ3n) is 3.54. The van der Waals surface area contributed by atoms with Crippen LogP contribution >= 0.6 is 0 Å². The first-order valence-corrected chi connectivity index (χ1v) is 6.66. The molecule has 0 fully saturated rings. The van der Waals surface area contributed by atoms with E-state index in [1.54, 1.807) is 48.2 Å². The van der Waals surface area contributed by atoms with Crippen molar-refractivity contribution in [2.24, 2.45) is 0 Å². The Morgan fingerprint density at radius 1 is 1.05 bits per heavy atom. The van der Waals surface area contributed by atoms with Crippen LogP contribution in [-0.4, -0.2) is 11.7 Å². The minimum atomic E-state index is -2.91. The molecule has 0 aliphatic heterocycles. The first-order chi connectivity index (χ1) is 10.1. The third-order valence-corrected chi connectivity index (χ3v) is 3.54. The summed E-state index contributed by atoms with van der Waals surface area (Å²) in [4.78, 5) is 0. The van der Waals surface area contributed by atoms with Gasteiger partial charge in [-0.05, 0) is 24.3 Å². The summed E-state index contributed by atoms with van der Waals surface area (Å²) in [5, 5.41) is 0.887. The Bertz CT molecular complexity index is 750. The fourth-order valence-electron chi connectivity index (χ4n) is 2.43. The molecule has 0 unspecified atom stereocenters. The van der Waals surface area contributed by atoms with Gasteiger partial charge in [-0.2, -0.15) is 8.78 Å². The first kappa shape index (κ1) is 13.6. The number of hydrogen-bond donors (Lipinski definition) is 0. The molecule has 2 aromatic carbocycles. The van der Waals surface area contributed by atoms with Crippen molar-refractivity contribution in [3.05, 3.63) is 66.4 Å². The fourth-order valence-corrected chi connectivity index (χ4v) is 2.43. The number of methoxy groups -OCH3 is 1. The van der Waals surface area contributed by atoms with Gasteiger partial charge in [-0.3, -0.25) is 0 Å². The maximum atomic E-state index is 14.3. The molecule has 0 radical (unpaired) electrons. The zero-order valence-electron chi connectivity index (χ0n) is 11.6. The van der Waals surface area contributed by atoms with Crippen molar-refractivity contribution in [1.82, 2.24) is 4.57 Å². The molecule has 0 aliphatic carbocycles. The summed E-state index contributed by atoms with van der Waals surface area (Å²) in [7, 11) is 1.59. The molecule has 108 valence electrons. The van der Waals surface area contributed by atoms with Gasteiger partial charge < -0.3 is 9.30 Å². The highest BCUT2D eigenvalue weighted by molar-refractivity contribution is 5.81. The smallest absolute Gasteiger partial charge is 0.290 e. The molecule has 0 aliphatic rings. The number of ether oxygens (including phenoxy) is 1. The first-order valence-electron chi connectivity index (χ1n) is 6.66. The predicted molar refractivity (Wildman–Crippen MR) is 78.8 cm³/mol. The molecule has 0 N–H and O–H groups in total. The second-order valence-corrected chi connectivity index (χ2v) is 4.94. The van der Waals surface area contributed by atoms with Crippen molar-refractivity contribution in [1.29, 1.82) is 0 Å². The van der Waals surface area contributed by atoms with Gasteiger partial charge in [0.25, 0.3) is 5.92 Å². The summed E-state index contributed by atoms with van der Waals surface area (Å²) >= 11 is 0. The maximum Gasteiger partial charge on any atom is 0.290 e. The molecular weight excluding hydrogens is 272 g/mol. The Labute approximate surface area is 121 Å². The van der Waals surface area contributed by atoms with Crippen LogP contribution in [0.25, 0.3) is 10.9 Å². The lowest BCUT2D eigenvalue weighted by molar-refractivity contribution is -0.0211. The van der Waals surface area contributed by atoms with Crippen LogP contribution in [0.15, 0.2) is 60.8 Å². The van der Waals surface area contributed by atoms with Gasteiger partial charge in [0.15, 0.2) is 0 Å². The standard InChI is InChI=1S/C17H15F2NO/c1-21-15-7-8-16-13(11-15)9-10-20(16)12-17(18,19)14-5-3-2-4-6-14/h2-11H,12H2,1H3. The van der Waals surface area contributed by atoms with Crippen LogP contribution in [0.5, 0.6) is 5.75 Å². The molecule has 0 saturated carbocycles. The molecule has 0 amide bonds. The number of hydrogen-bond acceptors (Lipinski definition) is 1. The highest BCUT2D eigenvalue weighted by Crippen LogP contribution is 2.32. The van der Waals surface area contributed by atoms with Crippen LogP contribution in [0.4, 0.5) is 8.78 Å². The summed E-state index contributed by atoms with van der Waals surface area (Å²) < 4.78 is 35.4. The lowest BCUT2D eigenvalue weighted by Crippen LogP contribution is -2.20. The van der Waals surface area contributed by atoms with Gasteiger partial charge in [0.05, 0.1) is 13.7 Å². The minimum Gasteiger partial charge on any atom is -0.497 e. The number of benzene rings is 2. The van der Waals surface area contributed by atoms with Crippen molar-refractivity contribution in [2.75, 3.05) is 7.11 Å². The van der Waals surface area contributed by atoms with Gasteiger partial charge in [0.2, 0.25) is 0 Å². The summed E-state index contributed by atoms with van der Waals surface area (Å²) in [6.45, 7) is -0.382. The number of fused-ring (bicyclic) bond motifs is 1. The van der Waals surface area contributed by atoms with Gasteiger partial charge in [-0.1, -0.05) is 30.3 Å². The average Bonchev–Trinajstić information content (AvgIpc) is 2.90. The van der Waals surface area contributed by atoms with Crippen molar-refractivity contribution < 1.29 is 13.5 Å². The summed E-state index contributed by atoms with van der Waals surface area (Å²) in [5.74, 6) is -2.19. The normalized spacial score (nSPS) is 11.8. The Morgan fingerprint density at radius 3 is 2.52 bits per heavy atom. The Balaban J connectivity index is 1.95. The monoisotopic (exact) mass is 287 g/mol. The average molecular weight is 287 g/mol. The summed E-state index contributed by atoms with van der Waals surface area (Å²) in [5.41, 5.74) is 0.798. The van der Waals surface area contributed by atoms with Crippen LogP contribution in [0.3, 0.4) is 0 Å². The molecule has 0 saturated heterocycles. The Morgan fingerprint density at radius 2 is 1.81 bits per heavy atom. The molecule has 0 spiro atoms. The Kier molecular flexibility index (Phi) is 3.37. The summed E-state index contributed by atoms with van der Waals surface area (Å²) in [6.07, 6.45) is 1.68. The maximum absolute atomic E-state index is 14.3. The molecule has 2 nitrogen and oxygen atoms in total. The number of alkyl halides is 2. The number of aromatic nitrogens is 1. The number of halogens is 2. The van der Waals surface area contributed by atoms with E-state index >= 15 is 0 Å². The molecule has 1 aromatic heterocycles. The molecular formula is C17H15F2NO. The molecule has 3 rings (SSSR count). The quantitative estimate of drug-likeness (QED) is 0.692. The van der Waals surface area contributed by atoms with Crippen LogP contribution in [0.1, 0.15) is 5.56 Å². The lowest BCUT2D eigenvalue weighted by atomic mass is 10.1. The molecule has 0 atom stereocenters.